The number of allylic oxidation sites excluding steroid dienone is 7. The van der Waals surface area contributed by atoms with E-state index in [1.807, 2.05) is 6.92 Å². The Balaban J connectivity index is 1.50. The molecular formula is C24H30F4N4O2S. The van der Waals surface area contributed by atoms with Crippen LogP contribution in [0.3, 0.4) is 0 Å². The summed E-state index contributed by atoms with van der Waals surface area (Å²) in [6, 6.07) is 0. The highest BCUT2D eigenvalue weighted by Gasteiger charge is 2.32. The van der Waals surface area contributed by atoms with E-state index in [-0.39, 0.29) is 30.3 Å². The van der Waals surface area contributed by atoms with Crippen molar-refractivity contribution in [1.29, 1.82) is 0 Å². The smallest absolute Gasteiger partial charge is 0.410 e. The number of aromatic nitrogens is 2. The molecule has 3 N–H and O–H groups in total. The normalized spacial score (nSPS) is 17.5. The number of nitrogens with two attached hydrogens (primary N) is 1. The number of alkyl halides is 3. The number of rotatable bonds is 9. The molecule has 11 heteroatoms. The zero-order valence-electron chi connectivity index (χ0n) is 19.6. The van der Waals surface area contributed by atoms with E-state index in [9.17, 15) is 22.4 Å². The standard InChI is InChI=1S/C24H30F4N4O2S/c1-15-9-11-19(25)17(6-2-3-8-22-31-32-23(29)35-22)10-12-20(15)30-21(33)14-16-5-4-7-18(13-16)34-24(26,27)28/h5,13H,2-4,6-12,14H2,1H3,(H2,29,32)(H,30,33). The van der Waals surface area contributed by atoms with Crippen LogP contribution in [0.15, 0.2) is 46.2 Å². The number of carbonyl (C=O) groups excluding carboxylic acids is 1. The second kappa shape index (κ2) is 12.3. The first-order valence-electron chi connectivity index (χ1n) is 11.7. The fourth-order valence-corrected chi connectivity index (χ4v) is 4.80. The highest BCUT2D eigenvalue weighted by Crippen LogP contribution is 2.31. The monoisotopic (exact) mass is 514 g/mol. The minimum Gasteiger partial charge on any atom is -0.410 e. The molecule has 0 fully saturated rings. The molecule has 0 spiro atoms. The topological polar surface area (TPSA) is 90.1 Å². The van der Waals surface area contributed by atoms with Gasteiger partial charge in [-0.1, -0.05) is 23.0 Å². The molecule has 0 atom stereocenters. The Morgan fingerprint density at radius 2 is 1.91 bits per heavy atom. The van der Waals surface area contributed by atoms with Gasteiger partial charge in [-0.25, -0.2) is 4.39 Å². The lowest BCUT2D eigenvalue weighted by Gasteiger charge is -2.20. The summed E-state index contributed by atoms with van der Waals surface area (Å²) in [5.41, 5.74) is 8.52. The fraction of sp³-hybridized carbons (Fsp3) is 0.542. The lowest BCUT2D eigenvalue weighted by Crippen LogP contribution is -2.25. The Bertz CT molecular complexity index is 1040. The largest absolute Gasteiger partial charge is 0.572 e. The summed E-state index contributed by atoms with van der Waals surface area (Å²) < 4.78 is 56.1. The SMILES string of the molecule is CC1=C(NC(=O)CC2=CCCC(OC(F)(F)F)=C2)CCC(CCCCc2nnc(N)s2)=C(F)CC1. The summed E-state index contributed by atoms with van der Waals surface area (Å²) >= 11 is 1.36. The molecule has 2 aliphatic carbocycles. The van der Waals surface area contributed by atoms with Crippen molar-refractivity contribution in [3.8, 4) is 0 Å². The number of anilines is 1. The van der Waals surface area contributed by atoms with Gasteiger partial charge in [0.25, 0.3) is 0 Å². The van der Waals surface area contributed by atoms with E-state index in [4.69, 9.17) is 5.73 Å². The summed E-state index contributed by atoms with van der Waals surface area (Å²) in [6.45, 7) is 1.87. The van der Waals surface area contributed by atoms with Crippen molar-refractivity contribution >= 4 is 22.4 Å². The van der Waals surface area contributed by atoms with Crippen molar-refractivity contribution in [3.05, 3.63) is 51.2 Å². The summed E-state index contributed by atoms with van der Waals surface area (Å²) in [4.78, 5) is 12.6. The molecule has 1 amide bonds. The van der Waals surface area contributed by atoms with Crippen LogP contribution in [-0.4, -0.2) is 22.5 Å². The van der Waals surface area contributed by atoms with Gasteiger partial charge in [0.2, 0.25) is 11.0 Å². The Morgan fingerprint density at radius 3 is 2.63 bits per heavy atom. The van der Waals surface area contributed by atoms with Crippen LogP contribution >= 0.6 is 11.3 Å². The molecule has 35 heavy (non-hydrogen) atoms. The van der Waals surface area contributed by atoms with Crippen molar-refractivity contribution in [2.75, 3.05) is 5.73 Å². The number of amides is 1. The van der Waals surface area contributed by atoms with Crippen LogP contribution in [0.1, 0.15) is 76.1 Å². The molecule has 1 heterocycles. The van der Waals surface area contributed by atoms with Crippen molar-refractivity contribution < 1.29 is 27.1 Å². The molecule has 2 aliphatic rings. The number of nitrogen functional groups attached to an aromatic ring is 1. The highest BCUT2D eigenvalue weighted by atomic mass is 32.1. The number of aryl methyl sites for hydroxylation is 1. The lowest BCUT2D eigenvalue weighted by molar-refractivity contribution is -0.306. The lowest BCUT2D eigenvalue weighted by atomic mass is 9.93. The maximum Gasteiger partial charge on any atom is 0.572 e. The van der Waals surface area contributed by atoms with E-state index < -0.39 is 6.36 Å². The van der Waals surface area contributed by atoms with E-state index >= 15 is 0 Å². The number of nitrogens with zero attached hydrogens (tertiary/aromatic N) is 2. The van der Waals surface area contributed by atoms with Gasteiger partial charge >= 0.3 is 6.36 Å². The van der Waals surface area contributed by atoms with Gasteiger partial charge in [0.15, 0.2) is 0 Å². The number of ether oxygens (including phenoxy) is 1. The van der Waals surface area contributed by atoms with Gasteiger partial charge in [0, 0.05) is 25.0 Å². The zero-order chi connectivity index (χ0) is 25.4. The summed E-state index contributed by atoms with van der Waals surface area (Å²) in [5.74, 6) is -0.577. The summed E-state index contributed by atoms with van der Waals surface area (Å²) in [7, 11) is 0. The van der Waals surface area contributed by atoms with Crippen molar-refractivity contribution in [2.24, 2.45) is 0 Å². The number of carbonyl (C=O) groups is 1. The Kier molecular flexibility index (Phi) is 9.47. The van der Waals surface area contributed by atoms with Gasteiger partial charge in [0.1, 0.15) is 10.8 Å². The van der Waals surface area contributed by atoms with Crippen LogP contribution in [0.2, 0.25) is 0 Å². The summed E-state index contributed by atoms with van der Waals surface area (Å²) in [5, 5.41) is 12.0. The van der Waals surface area contributed by atoms with Gasteiger partial charge in [-0.15, -0.1) is 23.4 Å². The first kappa shape index (κ1) is 26.9. The van der Waals surface area contributed by atoms with E-state index in [0.29, 0.717) is 49.2 Å². The van der Waals surface area contributed by atoms with Gasteiger partial charge in [0.05, 0.1) is 12.2 Å². The van der Waals surface area contributed by atoms with Crippen molar-refractivity contribution in [3.63, 3.8) is 0 Å². The zero-order valence-corrected chi connectivity index (χ0v) is 20.5. The van der Waals surface area contributed by atoms with E-state index in [0.717, 1.165) is 41.1 Å². The average Bonchev–Trinajstić information content (AvgIpc) is 3.19. The molecule has 0 aromatic carbocycles. The van der Waals surface area contributed by atoms with Gasteiger partial charge in [-0.2, -0.15) is 0 Å². The van der Waals surface area contributed by atoms with Gasteiger partial charge in [-0.3, -0.25) is 4.79 Å². The molecule has 1 aromatic rings. The third-order valence-electron chi connectivity index (χ3n) is 5.94. The second-order valence-corrected chi connectivity index (χ2v) is 9.80. The van der Waals surface area contributed by atoms with E-state index in [1.54, 1.807) is 6.08 Å². The molecule has 0 saturated heterocycles. The van der Waals surface area contributed by atoms with Crippen molar-refractivity contribution in [2.45, 2.75) is 83.9 Å². The van der Waals surface area contributed by atoms with E-state index in [2.05, 4.69) is 20.3 Å². The van der Waals surface area contributed by atoms with Crippen LogP contribution in [0.25, 0.3) is 0 Å². The molecule has 3 rings (SSSR count). The maximum atomic E-state index is 14.7. The third kappa shape index (κ3) is 9.12. The maximum absolute atomic E-state index is 14.7. The molecule has 192 valence electrons. The molecule has 0 radical (unpaired) electrons. The highest BCUT2D eigenvalue weighted by molar-refractivity contribution is 7.15. The molecule has 6 nitrogen and oxygen atoms in total. The first-order chi connectivity index (χ1) is 16.6. The van der Waals surface area contributed by atoms with E-state index in [1.165, 1.54) is 17.4 Å². The minimum atomic E-state index is -4.75. The number of halogens is 4. The van der Waals surface area contributed by atoms with Gasteiger partial charge in [-0.05, 0) is 69.1 Å². The quantitative estimate of drug-likeness (QED) is 0.288. The van der Waals surface area contributed by atoms with Crippen LogP contribution in [-0.2, 0) is 16.0 Å². The van der Waals surface area contributed by atoms with Crippen LogP contribution in [0.5, 0.6) is 0 Å². The van der Waals surface area contributed by atoms with Gasteiger partial charge < -0.3 is 15.8 Å². The number of hydrogen-bond acceptors (Lipinski definition) is 6. The number of unbranched alkanes of at least 4 members (excludes halogenated alkanes) is 1. The first-order valence-corrected chi connectivity index (χ1v) is 12.5. The molecule has 0 bridgehead atoms. The predicted octanol–water partition coefficient (Wildman–Crippen LogP) is 6.55. The second-order valence-electron chi connectivity index (χ2n) is 8.71. The summed E-state index contributed by atoms with van der Waals surface area (Å²) in [6.07, 6.45) is 3.62. The molecule has 0 unspecified atom stereocenters. The van der Waals surface area contributed by atoms with Crippen LogP contribution in [0, 0.1) is 0 Å². The molecule has 0 aliphatic heterocycles. The van der Waals surface area contributed by atoms with Crippen molar-refractivity contribution in [1.82, 2.24) is 15.5 Å². The molecule has 0 saturated carbocycles. The Hall–Kier alpha value is -2.69. The Labute approximate surface area is 206 Å². The third-order valence-corrected chi connectivity index (χ3v) is 6.75. The number of nitrogens with one attached hydrogen (secondary N) is 1. The number of hydrogen-bond donors (Lipinski definition) is 2. The average molecular weight is 515 g/mol. The molecular weight excluding hydrogens is 484 g/mol. The fourth-order valence-electron chi connectivity index (χ4n) is 4.15. The predicted molar refractivity (Wildman–Crippen MR) is 126 cm³/mol. The Morgan fingerprint density at radius 1 is 1.14 bits per heavy atom. The molecule has 1 aromatic heterocycles. The van der Waals surface area contributed by atoms with Crippen LogP contribution < -0.4 is 11.1 Å². The van der Waals surface area contributed by atoms with Crippen LogP contribution in [0.4, 0.5) is 22.7 Å². The minimum absolute atomic E-state index is 0.0469.